The summed E-state index contributed by atoms with van der Waals surface area (Å²) in [5.41, 5.74) is 7.92. The van der Waals surface area contributed by atoms with Gasteiger partial charge in [0.15, 0.2) is 0 Å². The zero-order chi connectivity index (χ0) is 25.3. The number of anilines is 3. The summed E-state index contributed by atoms with van der Waals surface area (Å²) < 4.78 is 0. The molecule has 0 spiro atoms. The minimum Gasteiger partial charge on any atom is -0.309 e. The smallest absolute Gasteiger partial charge is 0.150 e. The predicted octanol–water partition coefficient (Wildman–Crippen LogP) is 8.10. The lowest BCUT2D eigenvalue weighted by Crippen LogP contribution is -2.12. The van der Waals surface area contributed by atoms with Gasteiger partial charge in [-0.25, -0.2) is 0 Å². The summed E-state index contributed by atoms with van der Waals surface area (Å²) in [5.74, 6) is 0. The first-order chi connectivity index (χ1) is 18.3. The first-order valence-corrected chi connectivity index (χ1v) is 12.0. The first-order valence-electron chi connectivity index (χ1n) is 12.0. The lowest BCUT2D eigenvalue weighted by atomic mass is 10.0. The van der Waals surface area contributed by atoms with Crippen molar-refractivity contribution in [3.8, 4) is 0 Å². The summed E-state index contributed by atoms with van der Waals surface area (Å²) in [5, 5.41) is 0. The molecular weight excluding hydrogens is 454 g/mol. The largest absolute Gasteiger partial charge is 0.309 e. The van der Waals surface area contributed by atoms with Gasteiger partial charge in [0.05, 0.1) is 11.4 Å². The average Bonchev–Trinajstić information content (AvgIpc) is 2.98. The van der Waals surface area contributed by atoms with Gasteiger partial charge in [-0.15, -0.1) is 0 Å². The van der Waals surface area contributed by atoms with Crippen LogP contribution in [0.2, 0.25) is 0 Å². The first kappa shape index (κ1) is 23.6. The van der Waals surface area contributed by atoms with Gasteiger partial charge >= 0.3 is 0 Å². The number of rotatable bonds is 8. The monoisotopic (exact) mass is 479 g/mol. The average molecular weight is 480 g/mol. The summed E-state index contributed by atoms with van der Waals surface area (Å²) >= 11 is 0. The maximum atomic E-state index is 11.3. The van der Waals surface area contributed by atoms with E-state index in [0.717, 1.165) is 45.6 Å². The highest BCUT2D eigenvalue weighted by Crippen LogP contribution is 2.39. The van der Waals surface area contributed by atoms with Crippen LogP contribution in [0.25, 0.3) is 24.3 Å². The van der Waals surface area contributed by atoms with Gasteiger partial charge in [0.25, 0.3) is 0 Å². The molecule has 0 unspecified atom stereocenters. The molecule has 0 aliphatic rings. The van der Waals surface area contributed by atoms with Crippen LogP contribution in [0.4, 0.5) is 17.1 Å². The van der Waals surface area contributed by atoms with E-state index >= 15 is 0 Å². The lowest BCUT2D eigenvalue weighted by molar-refractivity contribution is 0.112. The van der Waals surface area contributed by atoms with E-state index in [1.165, 1.54) is 0 Å². The molecule has 5 aromatic rings. The number of aromatic nitrogens is 2. The van der Waals surface area contributed by atoms with Crippen LogP contribution in [0.1, 0.15) is 32.6 Å². The normalized spacial score (nSPS) is 11.1. The number of para-hydroxylation sites is 2. The topological polar surface area (TPSA) is 46.1 Å². The van der Waals surface area contributed by atoms with Crippen LogP contribution < -0.4 is 4.90 Å². The second-order valence-electron chi connectivity index (χ2n) is 8.39. The Kier molecular flexibility index (Phi) is 7.39. The van der Waals surface area contributed by atoms with Crippen molar-refractivity contribution in [2.75, 3.05) is 4.90 Å². The molecule has 5 rings (SSSR count). The molecule has 0 N–H and O–H groups in total. The third kappa shape index (κ3) is 5.77. The van der Waals surface area contributed by atoms with E-state index in [2.05, 4.69) is 63.4 Å². The fourth-order valence-electron chi connectivity index (χ4n) is 4.10. The Bertz CT molecular complexity index is 1430. The number of aldehydes is 1. The SMILES string of the molecule is O=Cc1ccc(N(c2ccccc2C=Cc2ccncc2)c2ccccc2C=Cc2ccncc2)cc1. The maximum absolute atomic E-state index is 11.3. The number of carbonyl (C=O) groups is 1. The summed E-state index contributed by atoms with van der Waals surface area (Å²) in [7, 11) is 0. The molecule has 37 heavy (non-hydrogen) atoms. The number of carbonyl (C=O) groups excluding carboxylic acids is 1. The van der Waals surface area contributed by atoms with E-state index in [-0.39, 0.29) is 0 Å². The Labute approximate surface area is 216 Å². The molecule has 2 heterocycles. The van der Waals surface area contributed by atoms with Crippen LogP contribution in [-0.4, -0.2) is 16.3 Å². The molecule has 4 nitrogen and oxygen atoms in total. The van der Waals surface area contributed by atoms with Crippen molar-refractivity contribution >= 4 is 47.7 Å². The minimum absolute atomic E-state index is 0.639. The lowest BCUT2D eigenvalue weighted by Gasteiger charge is -2.28. The third-order valence-electron chi connectivity index (χ3n) is 5.97. The van der Waals surface area contributed by atoms with Gasteiger partial charge in [0.2, 0.25) is 0 Å². The van der Waals surface area contributed by atoms with Crippen molar-refractivity contribution in [1.29, 1.82) is 0 Å². The molecule has 0 aliphatic heterocycles. The Hall–Kier alpha value is -5.09. The van der Waals surface area contributed by atoms with Crippen LogP contribution in [0.15, 0.2) is 122 Å². The molecule has 0 atom stereocenters. The van der Waals surface area contributed by atoms with Gasteiger partial charge in [-0.1, -0.05) is 60.7 Å². The van der Waals surface area contributed by atoms with Crippen molar-refractivity contribution in [2.24, 2.45) is 0 Å². The van der Waals surface area contributed by atoms with Crippen LogP contribution in [0.3, 0.4) is 0 Å². The molecule has 0 saturated carbocycles. The van der Waals surface area contributed by atoms with Gasteiger partial charge in [0, 0.05) is 36.0 Å². The number of hydrogen-bond acceptors (Lipinski definition) is 4. The molecule has 3 aromatic carbocycles. The van der Waals surface area contributed by atoms with Crippen molar-refractivity contribution in [3.05, 3.63) is 150 Å². The van der Waals surface area contributed by atoms with Crippen LogP contribution in [-0.2, 0) is 0 Å². The molecule has 0 bridgehead atoms. The predicted molar refractivity (Wildman–Crippen MR) is 153 cm³/mol. The Morgan fingerprint density at radius 1 is 0.486 bits per heavy atom. The van der Waals surface area contributed by atoms with Crippen LogP contribution >= 0.6 is 0 Å². The quantitative estimate of drug-likeness (QED) is 0.211. The van der Waals surface area contributed by atoms with Gasteiger partial charge in [-0.2, -0.15) is 0 Å². The van der Waals surface area contributed by atoms with Crippen LogP contribution in [0, 0.1) is 0 Å². The number of nitrogens with zero attached hydrogens (tertiary/aromatic N) is 3. The molecule has 4 heteroatoms. The van der Waals surface area contributed by atoms with Crippen molar-refractivity contribution in [3.63, 3.8) is 0 Å². The molecule has 0 amide bonds. The van der Waals surface area contributed by atoms with Gasteiger partial charge in [-0.05, 0) is 82.9 Å². The molecule has 0 saturated heterocycles. The van der Waals surface area contributed by atoms with Crippen molar-refractivity contribution in [1.82, 2.24) is 9.97 Å². The van der Waals surface area contributed by atoms with E-state index in [1.807, 2.05) is 72.8 Å². The Morgan fingerprint density at radius 2 is 0.946 bits per heavy atom. The van der Waals surface area contributed by atoms with Crippen LogP contribution in [0.5, 0.6) is 0 Å². The van der Waals surface area contributed by atoms with E-state index in [9.17, 15) is 4.79 Å². The van der Waals surface area contributed by atoms with E-state index in [0.29, 0.717) is 5.56 Å². The Balaban J connectivity index is 1.64. The maximum Gasteiger partial charge on any atom is 0.150 e. The number of hydrogen-bond donors (Lipinski definition) is 0. The molecule has 178 valence electrons. The third-order valence-corrected chi connectivity index (χ3v) is 5.97. The molecule has 0 fully saturated rings. The van der Waals surface area contributed by atoms with E-state index in [4.69, 9.17) is 0 Å². The van der Waals surface area contributed by atoms with E-state index in [1.54, 1.807) is 24.8 Å². The highest BCUT2D eigenvalue weighted by Gasteiger charge is 2.17. The highest BCUT2D eigenvalue weighted by atomic mass is 16.1. The van der Waals surface area contributed by atoms with Gasteiger partial charge < -0.3 is 4.90 Å². The summed E-state index contributed by atoms with van der Waals surface area (Å²) in [6, 6.07) is 32.2. The zero-order valence-corrected chi connectivity index (χ0v) is 20.2. The van der Waals surface area contributed by atoms with Crippen molar-refractivity contribution < 1.29 is 4.79 Å². The standard InChI is InChI=1S/C33H25N3O/c37-25-28-11-15-31(16-12-28)36(32-7-3-1-5-29(32)13-9-26-17-21-34-22-18-26)33-8-4-2-6-30(33)14-10-27-19-23-35-24-20-27/h1-25H. The van der Waals surface area contributed by atoms with Gasteiger partial charge in [0.1, 0.15) is 6.29 Å². The highest BCUT2D eigenvalue weighted by molar-refractivity contribution is 5.90. The summed E-state index contributed by atoms with van der Waals surface area (Å²) in [4.78, 5) is 21.8. The van der Waals surface area contributed by atoms with Crippen molar-refractivity contribution in [2.45, 2.75) is 0 Å². The fourth-order valence-corrected chi connectivity index (χ4v) is 4.10. The molecule has 0 radical (unpaired) electrons. The molecule has 0 aliphatic carbocycles. The number of benzene rings is 3. The summed E-state index contributed by atoms with van der Waals surface area (Å²) in [6.07, 6.45) is 16.4. The fraction of sp³-hybridized carbons (Fsp3) is 0. The Morgan fingerprint density at radius 3 is 1.41 bits per heavy atom. The van der Waals surface area contributed by atoms with E-state index < -0.39 is 0 Å². The zero-order valence-electron chi connectivity index (χ0n) is 20.2. The summed E-state index contributed by atoms with van der Waals surface area (Å²) in [6.45, 7) is 0. The second kappa shape index (κ2) is 11.6. The number of pyridine rings is 2. The minimum atomic E-state index is 0.639. The molecular formula is C33H25N3O. The molecule has 2 aromatic heterocycles. The van der Waals surface area contributed by atoms with Gasteiger partial charge in [-0.3, -0.25) is 14.8 Å². The second-order valence-corrected chi connectivity index (χ2v) is 8.39.